The van der Waals surface area contributed by atoms with E-state index in [1.165, 1.54) is 24.6 Å². The van der Waals surface area contributed by atoms with E-state index in [4.69, 9.17) is 0 Å². The van der Waals surface area contributed by atoms with Gasteiger partial charge in [0.2, 0.25) is 0 Å². The molecule has 0 radical (unpaired) electrons. The van der Waals surface area contributed by atoms with Crippen LogP contribution in [0.5, 0.6) is 0 Å². The second-order valence-electron chi connectivity index (χ2n) is 8.08. The van der Waals surface area contributed by atoms with Gasteiger partial charge in [0.15, 0.2) is 0 Å². The number of carbonyl (C=O) groups excluding carboxylic acids is 1. The molecule has 2 amide bonds. The molecule has 0 bridgehead atoms. The van der Waals surface area contributed by atoms with Crippen molar-refractivity contribution in [2.45, 2.75) is 51.2 Å². The Kier molecular flexibility index (Phi) is 6.65. The van der Waals surface area contributed by atoms with Crippen LogP contribution >= 0.6 is 0 Å². The van der Waals surface area contributed by atoms with Crippen molar-refractivity contribution in [3.05, 3.63) is 89.8 Å². The summed E-state index contributed by atoms with van der Waals surface area (Å²) in [6.07, 6.45) is 7.22. The SMILES string of the molecule is O=C(Nc1ccccc1F)N(Cc1cccn1Cc1ccc(F)cc1)C1CCCCC1. The monoisotopic (exact) mass is 423 g/mol. The summed E-state index contributed by atoms with van der Waals surface area (Å²) in [5, 5.41) is 2.76. The Morgan fingerprint density at radius 2 is 1.71 bits per heavy atom. The molecule has 1 N–H and O–H groups in total. The molecule has 0 unspecified atom stereocenters. The summed E-state index contributed by atoms with van der Waals surface area (Å²) in [4.78, 5) is 15.0. The molecule has 4 rings (SSSR count). The van der Waals surface area contributed by atoms with Crippen LogP contribution in [0.15, 0.2) is 66.9 Å². The van der Waals surface area contributed by atoms with Crippen molar-refractivity contribution in [1.29, 1.82) is 0 Å². The minimum Gasteiger partial charge on any atom is -0.345 e. The minimum absolute atomic E-state index is 0.120. The Balaban J connectivity index is 1.54. The van der Waals surface area contributed by atoms with Crippen molar-refractivity contribution in [2.24, 2.45) is 0 Å². The first kappa shape index (κ1) is 21.1. The van der Waals surface area contributed by atoms with E-state index < -0.39 is 5.82 Å². The molecule has 31 heavy (non-hydrogen) atoms. The summed E-state index contributed by atoms with van der Waals surface area (Å²) >= 11 is 0. The molecule has 1 aromatic heterocycles. The van der Waals surface area contributed by atoms with Gasteiger partial charge in [-0.1, -0.05) is 43.5 Å². The van der Waals surface area contributed by atoms with Crippen LogP contribution in [0, 0.1) is 11.6 Å². The van der Waals surface area contributed by atoms with Gasteiger partial charge in [-0.05, 0) is 54.8 Å². The van der Waals surface area contributed by atoms with E-state index in [2.05, 4.69) is 9.88 Å². The number of benzene rings is 2. The number of nitrogens with zero attached hydrogens (tertiary/aromatic N) is 2. The number of rotatable bonds is 6. The number of aromatic nitrogens is 1. The van der Waals surface area contributed by atoms with Gasteiger partial charge < -0.3 is 14.8 Å². The molecule has 0 saturated heterocycles. The summed E-state index contributed by atoms with van der Waals surface area (Å²) in [6, 6.07) is 16.4. The van der Waals surface area contributed by atoms with Gasteiger partial charge in [-0.15, -0.1) is 0 Å². The maximum absolute atomic E-state index is 14.1. The first-order valence-corrected chi connectivity index (χ1v) is 10.8. The molecule has 162 valence electrons. The van der Waals surface area contributed by atoms with E-state index in [0.29, 0.717) is 13.1 Å². The van der Waals surface area contributed by atoms with Crippen molar-refractivity contribution in [2.75, 3.05) is 5.32 Å². The number of para-hydroxylation sites is 1. The second-order valence-corrected chi connectivity index (χ2v) is 8.08. The van der Waals surface area contributed by atoms with Crippen LogP contribution in [-0.4, -0.2) is 21.5 Å². The quantitative estimate of drug-likeness (QED) is 0.505. The van der Waals surface area contributed by atoms with E-state index in [0.717, 1.165) is 36.9 Å². The molecule has 0 spiro atoms. The lowest BCUT2D eigenvalue weighted by atomic mass is 9.94. The number of carbonyl (C=O) groups is 1. The third-order valence-corrected chi connectivity index (χ3v) is 5.91. The number of anilines is 1. The molecule has 1 saturated carbocycles. The standard InChI is InChI=1S/C25H27F2N3O/c26-20-14-12-19(13-15-20)17-29-16-6-9-22(29)18-30(21-7-2-1-3-8-21)25(31)28-24-11-5-4-10-23(24)27/h4-6,9-16,21H,1-3,7-8,17-18H2,(H,28,31). The lowest BCUT2D eigenvalue weighted by molar-refractivity contribution is 0.161. The Morgan fingerprint density at radius 3 is 2.45 bits per heavy atom. The van der Waals surface area contributed by atoms with Gasteiger partial charge in [0.1, 0.15) is 11.6 Å². The first-order chi connectivity index (χ1) is 15.1. The van der Waals surface area contributed by atoms with Crippen molar-refractivity contribution >= 4 is 11.7 Å². The first-order valence-electron chi connectivity index (χ1n) is 10.8. The molecule has 2 aromatic carbocycles. The normalized spacial score (nSPS) is 14.4. The van der Waals surface area contributed by atoms with Crippen molar-refractivity contribution in [3.63, 3.8) is 0 Å². The van der Waals surface area contributed by atoms with E-state index in [9.17, 15) is 13.6 Å². The van der Waals surface area contributed by atoms with Crippen LogP contribution in [0.3, 0.4) is 0 Å². The fraction of sp³-hybridized carbons (Fsp3) is 0.320. The fourth-order valence-electron chi connectivity index (χ4n) is 4.22. The van der Waals surface area contributed by atoms with Crippen LogP contribution < -0.4 is 5.32 Å². The number of urea groups is 1. The summed E-state index contributed by atoms with van der Waals surface area (Å²) in [5.41, 5.74) is 2.16. The van der Waals surface area contributed by atoms with Crippen LogP contribution in [0.2, 0.25) is 0 Å². The molecule has 0 atom stereocenters. The maximum atomic E-state index is 14.1. The minimum atomic E-state index is -0.445. The van der Waals surface area contributed by atoms with E-state index >= 15 is 0 Å². The van der Waals surface area contributed by atoms with Crippen LogP contribution in [0.1, 0.15) is 43.4 Å². The van der Waals surface area contributed by atoms with Gasteiger partial charge in [-0.3, -0.25) is 0 Å². The topological polar surface area (TPSA) is 37.3 Å². The summed E-state index contributed by atoms with van der Waals surface area (Å²) < 4.78 is 29.4. The average Bonchev–Trinajstić information content (AvgIpc) is 3.22. The molecule has 1 aliphatic rings. The number of hydrogen-bond acceptors (Lipinski definition) is 1. The van der Waals surface area contributed by atoms with E-state index in [-0.39, 0.29) is 23.6 Å². The fourth-order valence-corrected chi connectivity index (χ4v) is 4.22. The zero-order chi connectivity index (χ0) is 21.6. The average molecular weight is 424 g/mol. The number of amides is 2. The Labute approximate surface area is 181 Å². The molecule has 0 aliphatic heterocycles. The third kappa shape index (κ3) is 5.32. The number of hydrogen-bond donors (Lipinski definition) is 1. The second kappa shape index (κ2) is 9.77. The maximum Gasteiger partial charge on any atom is 0.322 e. The highest BCUT2D eigenvalue weighted by atomic mass is 19.1. The lowest BCUT2D eigenvalue weighted by Crippen LogP contribution is -2.43. The predicted octanol–water partition coefficient (Wildman–Crippen LogP) is 6.18. The summed E-state index contributed by atoms with van der Waals surface area (Å²) in [7, 11) is 0. The molecule has 1 aliphatic carbocycles. The molecule has 4 nitrogen and oxygen atoms in total. The molecular weight excluding hydrogens is 396 g/mol. The molecule has 1 heterocycles. The zero-order valence-corrected chi connectivity index (χ0v) is 17.4. The highest BCUT2D eigenvalue weighted by molar-refractivity contribution is 5.89. The van der Waals surface area contributed by atoms with E-state index in [1.807, 2.05) is 23.2 Å². The Hall–Kier alpha value is -3.15. The van der Waals surface area contributed by atoms with Crippen LogP contribution in [0.25, 0.3) is 0 Å². The molecule has 1 fully saturated rings. The number of nitrogens with one attached hydrogen (secondary N) is 1. The van der Waals surface area contributed by atoms with Crippen molar-refractivity contribution < 1.29 is 13.6 Å². The van der Waals surface area contributed by atoms with Crippen molar-refractivity contribution in [3.8, 4) is 0 Å². The van der Waals surface area contributed by atoms with Gasteiger partial charge >= 0.3 is 6.03 Å². The zero-order valence-electron chi connectivity index (χ0n) is 17.4. The van der Waals surface area contributed by atoms with E-state index in [1.54, 1.807) is 30.3 Å². The summed E-state index contributed by atoms with van der Waals surface area (Å²) in [6.45, 7) is 1.02. The van der Waals surface area contributed by atoms with Gasteiger partial charge in [-0.2, -0.15) is 0 Å². The third-order valence-electron chi connectivity index (χ3n) is 5.91. The van der Waals surface area contributed by atoms with Gasteiger partial charge in [0.05, 0.1) is 12.2 Å². The highest BCUT2D eigenvalue weighted by Gasteiger charge is 2.27. The highest BCUT2D eigenvalue weighted by Crippen LogP contribution is 2.26. The van der Waals surface area contributed by atoms with Crippen molar-refractivity contribution in [1.82, 2.24) is 9.47 Å². The van der Waals surface area contributed by atoms with Gasteiger partial charge in [0.25, 0.3) is 0 Å². The summed E-state index contributed by atoms with van der Waals surface area (Å²) in [5.74, 6) is -0.705. The van der Waals surface area contributed by atoms with Gasteiger partial charge in [-0.25, -0.2) is 13.6 Å². The molecule has 3 aromatic rings. The molecule has 6 heteroatoms. The number of halogens is 2. The largest absolute Gasteiger partial charge is 0.345 e. The van der Waals surface area contributed by atoms with Gasteiger partial charge in [0, 0.05) is 24.5 Å². The van der Waals surface area contributed by atoms with Crippen LogP contribution in [0.4, 0.5) is 19.3 Å². The van der Waals surface area contributed by atoms with Crippen LogP contribution in [-0.2, 0) is 13.1 Å². The lowest BCUT2D eigenvalue weighted by Gasteiger charge is -2.34. The molecular formula is C25H27F2N3O. The smallest absolute Gasteiger partial charge is 0.322 e. The Morgan fingerprint density at radius 1 is 0.968 bits per heavy atom. The predicted molar refractivity (Wildman–Crippen MR) is 118 cm³/mol. The Bertz CT molecular complexity index is 1010.